The van der Waals surface area contributed by atoms with Crippen molar-refractivity contribution < 1.29 is 0 Å². The van der Waals surface area contributed by atoms with Gasteiger partial charge in [-0.05, 0) is 18.6 Å². The number of aromatic nitrogens is 3. The Labute approximate surface area is 86.8 Å². The number of nitrogens with zero attached hydrogens (tertiary/aromatic N) is 3. The van der Waals surface area contributed by atoms with Gasteiger partial charge in [-0.25, -0.2) is 9.97 Å². The Bertz CT molecular complexity index is 439. The molecule has 0 N–H and O–H groups in total. The van der Waals surface area contributed by atoms with Gasteiger partial charge in [-0.1, -0.05) is 17.7 Å². The number of pyridine rings is 1. The molecule has 0 aliphatic rings. The highest BCUT2D eigenvalue weighted by Crippen LogP contribution is 2.17. The van der Waals surface area contributed by atoms with Crippen molar-refractivity contribution in [1.82, 2.24) is 15.0 Å². The summed E-state index contributed by atoms with van der Waals surface area (Å²) in [6, 6.07) is 3.88. The Balaban J connectivity index is 2.50. The van der Waals surface area contributed by atoms with E-state index in [1.165, 1.54) is 6.20 Å². The van der Waals surface area contributed by atoms with Crippen molar-refractivity contribution >= 4 is 11.6 Å². The smallest absolute Gasteiger partial charge is 0.147 e. The lowest BCUT2D eigenvalue weighted by Gasteiger charge is -2.02. The van der Waals surface area contributed by atoms with Gasteiger partial charge in [0.1, 0.15) is 10.8 Å². The second-order valence-electron chi connectivity index (χ2n) is 2.89. The van der Waals surface area contributed by atoms with Gasteiger partial charge in [-0.2, -0.15) is 0 Å². The molecule has 0 spiro atoms. The molecule has 0 bridgehead atoms. The highest BCUT2D eigenvalue weighted by molar-refractivity contribution is 6.29. The average molecular weight is 206 g/mol. The molecule has 4 heteroatoms. The van der Waals surface area contributed by atoms with Gasteiger partial charge in [0.25, 0.3) is 0 Å². The van der Waals surface area contributed by atoms with Crippen LogP contribution >= 0.6 is 11.6 Å². The molecule has 0 fully saturated rings. The summed E-state index contributed by atoms with van der Waals surface area (Å²) >= 11 is 5.64. The SMILES string of the molecule is Cc1cccnc1-c1cnc(Cl)cn1. The van der Waals surface area contributed by atoms with E-state index in [9.17, 15) is 0 Å². The van der Waals surface area contributed by atoms with E-state index in [1.54, 1.807) is 12.4 Å². The zero-order valence-electron chi connectivity index (χ0n) is 7.61. The average Bonchev–Trinajstić information content (AvgIpc) is 2.20. The molecule has 2 aromatic rings. The van der Waals surface area contributed by atoms with Gasteiger partial charge < -0.3 is 0 Å². The Morgan fingerprint density at radius 3 is 2.64 bits per heavy atom. The van der Waals surface area contributed by atoms with E-state index in [2.05, 4.69) is 15.0 Å². The minimum Gasteiger partial charge on any atom is -0.254 e. The van der Waals surface area contributed by atoms with Gasteiger partial charge in [-0.15, -0.1) is 0 Å². The minimum atomic E-state index is 0.391. The first-order valence-corrected chi connectivity index (χ1v) is 4.55. The first-order valence-electron chi connectivity index (χ1n) is 4.17. The van der Waals surface area contributed by atoms with Gasteiger partial charge in [0.2, 0.25) is 0 Å². The van der Waals surface area contributed by atoms with E-state index in [-0.39, 0.29) is 0 Å². The molecule has 0 aliphatic carbocycles. The highest BCUT2D eigenvalue weighted by Gasteiger charge is 2.03. The van der Waals surface area contributed by atoms with Crippen LogP contribution in [-0.2, 0) is 0 Å². The van der Waals surface area contributed by atoms with Gasteiger partial charge in [-0.3, -0.25) is 4.98 Å². The summed E-state index contributed by atoms with van der Waals surface area (Å²) in [7, 11) is 0. The fraction of sp³-hybridized carbons (Fsp3) is 0.100. The molecular formula is C10H8ClN3. The van der Waals surface area contributed by atoms with Crippen molar-refractivity contribution in [2.75, 3.05) is 0 Å². The van der Waals surface area contributed by atoms with Crippen LogP contribution < -0.4 is 0 Å². The van der Waals surface area contributed by atoms with E-state index >= 15 is 0 Å². The lowest BCUT2D eigenvalue weighted by atomic mass is 10.2. The number of aryl methyl sites for hydroxylation is 1. The van der Waals surface area contributed by atoms with Crippen LogP contribution in [0.3, 0.4) is 0 Å². The standard InChI is InChI=1S/C10H8ClN3/c1-7-3-2-4-12-10(7)8-5-14-9(11)6-13-8/h2-6H,1H3. The second-order valence-corrected chi connectivity index (χ2v) is 3.28. The second kappa shape index (κ2) is 3.72. The Kier molecular flexibility index (Phi) is 2.41. The summed E-state index contributed by atoms with van der Waals surface area (Å²) in [5.74, 6) is 0. The number of hydrogen-bond donors (Lipinski definition) is 0. The zero-order chi connectivity index (χ0) is 9.97. The van der Waals surface area contributed by atoms with E-state index in [0.717, 1.165) is 17.0 Å². The third-order valence-electron chi connectivity index (χ3n) is 1.87. The molecule has 14 heavy (non-hydrogen) atoms. The van der Waals surface area contributed by atoms with E-state index in [4.69, 9.17) is 11.6 Å². The molecule has 2 rings (SSSR count). The molecule has 0 aromatic carbocycles. The van der Waals surface area contributed by atoms with Gasteiger partial charge >= 0.3 is 0 Å². The monoisotopic (exact) mass is 205 g/mol. The van der Waals surface area contributed by atoms with Crippen LogP contribution in [0.1, 0.15) is 5.56 Å². The molecule has 0 radical (unpaired) electrons. The first-order chi connectivity index (χ1) is 6.77. The van der Waals surface area contributed by atoms with Crippen molar-refractivity contribution in [3.05, 3.63) is 41.4 Å². The molecule has 0 aliphatic heterocycles. The summed E-state index contributed by atoms with van der Waals surface area (Å²) in [6.07, 6.45) is 4.88. The molecule has 70 valence electrons. The molecule has 0 unspecified atom stereocenters. The lowest BCUT2D eigenvalue weighted by molar-refractivity contribution is 1.16. The van der Waals surface area contributed by atoms with Gasteiger partial charge in [0, 0.05) is 6.20 Å². The molecule has 0 saturated carbocycles. The summed E-state index contributed by atoms with van der Waals surface area (Å²) < 4.78 is 0. The highest BCUT2D eigenvalue weighted by atomic mass is 35.5. The minimum absolute atomic E-state index is 0.391. The molecule has 0 saturated heterocycles. The van der Waals surface area contributed by atoms with Crippen LogP contribution in [0.25, 0.3) is 11.4 Å². The maximum Gasteiger partial charge on any atom is 0.147 e. The molecule has 2 aromatic heterocycles. The fourth-order valence-electron chi connectivity index (χ4n) is 1.19. The molecule has 3 nitrogen and oxygen atoms in total. The largest absolute Gasteiger partial charge is 0.254 e. The van der Waals surface area contributed by atoms with Crippen molar-refractivity contribution in [2.24, 2.45) is 0 Å². The number of rotatable bonds is 1. The van der Waals surface area contributed by atoms with E-state index in [0.29, 0.717) is 5.15 Å². The molecule has 2 heterocycles. The van der Waals surface area contributed by atoms with Crippen LogP contribution in [0.2, 0.25) is 5.15 Å². The Morgan fingerprint density at radius 1 is 1.14 bits per heavy atom. The quantitative estimate of drug-likeness (QED) is 0.718. The maximum absolute atomic E-state index is 5.64. The van der Waals surface area contributed by atoms with Crippen molar-refractivity contribution in [3.63, 3.8) is 0 Å². The molecule has 0 atom stereocenters. The zero-order valence-corrected chi connectivity index (χ0v) is 8.36. The van der Waals surface area contributed by atoms with Crippen molar-refractivity contribution in [2.45, 2.75) is 6.92 Å². The summed E-state index contributed by atoms with van der Waals surface area (Å²) in [4.78, 5) is 12.3. The summed E-state index contributed by atoms with van der Waals surface area (Å²) in [6.45, 7) is 1.98. The fourth-order valence-corrected chi connectivity index (χ4v) is 1.29. The van der Waals surface area contributed by atoms with Crippen LogP contribution in [0.4, 0.5) is 0 Å². The van der Waals surface area contributed by atoms with E-state index < -0.39 is 0 Å². The number of halogens is 1. The number of hydrogen-bond acceptors (Lipinski definition) is 3. The summed E-state index contributed by atoms with van der Waals surface area (Å²) in [5.41, 5.74) is 2.66. The van der Waals surface area contributed by atoms with E-state index in [1.807, 2.05) is 19.1 Å². The predicted octanol–water partition coefficient (Wildman–Crippen LogP) is 2.50. The normalized spacial score (nSPS) is 10.1. The molecular weight excluding hydrogens is 198 g/mol. The topological polar surface area (TPSA) is 38.7 Å². The lowest BCUT2D eigenvalue weighted by Crippen LogP contribution is -1.91. The van der Waals surface area contributed by atoms with Gasteiger partial charge in [0.05, 0.1) is 18.1 Å². The van der Waals surface area contributed by atoms with Crippen LogP contribution in [0.5, 0.6) is 0 Å². The van der Waals surface area contributed by atoms with Gasteiger partial charge in [0.15, 0.2) is 0 Å². The first kappa shape index (κ1) is 9.09. The van der Waals surface area contributed by atoms with Crippen LogP contribution in [0, 0.1) is 6.92 Å². The van der Waals surface area contributed by atoms with Crippen molar-refractivity contribution in [3.8, 4) is 11.4 Å². The Hall–Kier alpha value is -1.48. The Morgan fingerprint density at radius 2 is 2.00 bits per heavy atom. The maximum atomic E-state index is 5.64. The molecule has 0 amide bonds. The third-order valence-corrected chi connectivity index (χ3v) is 2.07. The summed E-state index contributed by atoms with van der Waals surface area (Å²) in [5, 5.41) is 0.391. The predicted molar refractivity (Wildman–Crippen MR) is 55.0 cm³/mol. The van der Waals surface area contributed by atoms with Crippen molar-refractivity contribution in [1.29, 1.82) is 0 Å². The van der Waals surface area contributed by atoms with Crippen LogP contribution in [-0.4, -0.2) is 15.0 Å². The third kappa shape index (κ3) is 1.72. The van der Waals surface area contributed by atoms with Crippen LogP contribution in [0.15, 0.2) is 30.7 Å².